The van der Waals surface area contributed by atoms with E-state index in [1.807, 2.05) is 24.3 Å². The van der Waals surface area contributed by atoms with Crippen molar-refractivity contribution in [2.75, 3.05) is 31.5 Å². The lowest BCUT2D eigenvalue weighted by atomic mass is 9.91. The molecule has 2 aromatic heterocycles. The molecule has 3 heterocycles. The number of aromatic nitrogens is 4. The van der Waals surface area contributed by atoms with Crippen molar-refractivity contribution in [3.05, 3.63) is 46.4 Å². The number of fused-ring (bicyclic) bond motifs is 1. The first-order valence-electron chi connectivity index (χ1n) is 9.96. The van der Waals surface area contributed by atoms with Gasteiger partial charge in [-0.15, -0.1) is 0 Å². The predicted molar refractivity (Wildman–Crippen MR) is 111 cm³/mol. The molecule has 8 heteroatoms. The summed E-state index contributed by atoms with van der Waals surface area (Å²) in [6.45, 7) is 3.89. The second-order valence-electron chi connectivity index (χ2n) is 7.36. The number of anilines is 2. The molecular weight excluding hydrogens is 354 g/mol. The molecule has 0 bridgehead atoms. The first kappa shape index (κ1) is 18.6. The Balaban J connectivity index is 1.39. The normalized spacial score (nSPS) is 15.9. The SMILES string of the molecule is NCCCCN1CCC(c2cnc(Nc3nc4ccccc4[nH]3)[nH]c2=O)CC1. The Morgan fingerprint density at radius 3 is 2.71 bits per heavy atom. The van der Waals surface area contributed by atoms with Gasteiger partial charge in [-0.2, -0.15) is 0 Å². The van der Waals surface area contributed by atoms with Crippen molar-refractivity contribution in [3.8, 4) is 0 Å². The van der Waals surface area contributed by atoms with Gasteiger partial charge in [0.15, 0.2) is 0 Å². The van der Waals surface area contributed by atoms with Gasteiger partial charge in [0.05, 0.1) is 11.0 Å². The Labute approximate surface area is 163 Å². The van der Waals surface area contributed by atoms with Crippen LogP contribution in [0.2, 0.25) is 0 Å². The average molecular weight is 381 g/mol. The maximum Gasteiger partial charge on any atom is 0.255 e. The number of hydrogen-bond acceptors (Lipinski definition) is 6. The molecule has 1 aliphatic heterocycles. The Bertz CT molecular complexity index is 939. The molecular formula is C20H27N7O. The Kier molecular flexibility index (Phi) is 5.68. The molecule has 8 nitrogen and oxygen atoms in total. The lowest BCUT2D eigenvalue weighted by molar-refractivity contribution is 0.208. The predicted octanol–water partition coefficient (Wildman–Crippen LogP) is 2.31. The summed E-state index contributed by atoms with van der Waals surface area (Å²) in [4.78, 5) is 29.9. The summed E-state index contributed by atoms with van der Waals surface area (Å²) in [7, 11) is 0. The molecule has 0 spiro atoms. The minimum atomic E-state index is -0.0739. The number of nitrogens with zero attached hydrogens (tertiary/aromatic N) is 3. The van der Waals surface area contributed by atoms with E-state index in [1.54, 1.807) is 6.20 Å². The highest BCUT2D eigenvalue weighted by Crippen LogP contribution is 2.26. The summed E-state index contributed by atoms with van der Waals surface area (Å²) in [5.74, 6) is 1.22. The number of rotatable bonds is 7. The monoisotopic (exact) mass is 381 g/mol. The van der Waals surface area contributed by atoms with Gasteiger partial charge in [-0.3, -0.25) is 15.1 Å². The number of imidazole rings is 1. The lowest BCUT2D eigenvalue weighted by Gasteiger charge is -2.31. The van der Waals surface area contributed by atoms with Crippen LogP contribution in [0.3, 0.4) is 0 Å². The van der Waals surface area contributed by atoms with E-state index < -0.39 is 0 Å². The molecule has 0 amide bonds. The van der Waals surface area contributed by atoms with Crippen LogP contribution in [0.5, 0.6) is 0 Å². The molecule has 1 fully saturated rings. The molecule has 28 heavy (non-hydrogen) atoms. The van der Waals surface area contributed by atoms with E-state index in [1.165, 1.54) is 0 Å². The Hall–Kier alpha value is -2.71. The third-order valence-corrected chi connectivity index (χ3v) is 5.41. The van der Waals surface area contributed by atoms with Gasteiger partial charge in [-0.05, 0) is 69.9 Å². The third-order valence-electron chi connectivity index (χ3n) is 5.41. The Morgan fingerprint density at radius 2 is 1.96 bits per heavy atom. The van der Waals surface area contributed by atoms with Crippen molar-refractivity contribution in [3.63, 3.8) is 0 Å². The minimum Gasteiger partial charge on any atom is -0.330 e. The summed E-state index contributed by atoms with van der Waals surface area (Å²) >= 11 is 0. The molecule has 0 aliphatic carbocycles. The van der Waals surface area contributed by atoms with Crippen LogP contribution in [0.25, 0.3) is 11.0 Å². The van der Waals surface area contributed by atoms with Crippen LogP contribution in [0, 0.1) is 0 Å². The van der Waals surface area contributed by atoms with Crippen LogP contribution >= 0.6 is 0 Å². The van der Waals surface area contributed by atoms with E-state index in [9.17, 15) is 4.79 Å². The van der Waals surface area contributed by atoms with Crippen molar-refractivity contribution >= 4 is 22.9 Å². The van der Waals surface area contributed by atoms with E-state index in [4.69, 9.17) is 5.73 Å². The van der Waals surface area contributed by atoms with Gasteiger partial charge >= 0.3 is 0 Å². The number of piperidine rings is 1. The zero-order chi connectivity index (χ0) is 19.3. The zero-order valence-corrected chi connectivity index (χ0v) is 15.9. The molecule has 3 aromatic rings. The molecule has 1 saturated heterocycles. The quantitative estimate of drug-likeness (QED) is 0.467. The van der Waals surface area contributed by atoms with Crippen LogP contribution < -0.4 is 16.6 Å². The highest BCUT2D eigenvalue weighted by Gasteiger charge is 2.23. The van der Waals surface area contributed by atoms with Gasteiger partial charge in [0.25, 0.3) is 5.56 Å². The molecule has 0 atom stereocenters. The standard InChI is InChI=1S/C20H27N7O/c21-9-3-4-10-27-11-7-14(8-12-27)15-13-22-19(25-18(15)28)26-20-23-16-5-1-2-6-17(16)24-20/h1-2,5-6,13-14H,3-4,7-12,21H2,(H3,22,23,24,25,26,28). The number of likely N-dealkylation sites (tertiary alicyclic amines) is 1. The number of nitrogens with two attached hydrogens (primary N) is 1. The highest BCUT2D eigenvalue weighted by molar-refractivity contribution is 5.77. The molecule has 5 N–H and O–H groups in total. The number of para-hydroxylation sites is 2. The van der Waals surface area contributed by atoms with E-state index in [2.05, 4.69) is 30.2 Å². The summed E-state index contributed by atoms with van der Waals surface area (Å²) in [5.41, 5.74) is 8.06. The van der Waals surface area contributed by atoms with Crippen molar-refractivity contribution in [1.82, 2.24) is 24.8 Å². The summed E-state index contributed by atoms with van der Waals surface area (Å²) in [6.07, 6.45) is 5.90. The van der Waals surface area contributed by atoms with Crippen molar-refractivity contribution < 1.29 is 0 Å². The number of aromatic amines is 2. The summed E-state index contributed by atoms with van der Waals surface area (Å²) in [6, 6.07) is 7.77. The largest absolute Gasteiger partial charge is 0.330 e. The molecule has 0 saturated carbocycles. The molecule has 1 aromatic carbocycles. The van der Waals surface area contributed by atoms with Gasteiger partial charge in [0.2, 0.25) is 11.9 Å². The first-order valence-corrected chi connectivity index (χ1v) is 9.96. The fraction of sp³-hybridized carbons (Fsp3) is 0.450. The highest BCUT2D eigenvalue weighted by atomic mass is 16.1. The minimum absolute atomic E-state index is 0.0739. The number of hydrogen-bond donors (Lipinski definition) is 4. The number of H-pyrrole nitrogens is 2. The molecule has 0 radical (unpaired) electrons. The smallest absolute Gasteiger partial charge is 0.255 e. The maximum absolute atomic E-state index is 12.6. The van der Waals surface area contributed by atoms with Crippen LogP contribution in [0.1, 0.15) is 37.2 Å². The van der Waals surface area contributed by atoms with Gasteiger partial charge in [0, 0.05) is 11.8 Å². The van der Waals surface area contributed by atoms with Crippen LogP contribution in [-0.2, 0) is 0 Å². The van der Waals surface area contributed by atoms with E-state index >= 15 is 0 Å². The molecule has 4 rings (SSSR count). The van der Waals surface area contributed by atoms with Crippen LogP contribution in [-0.4, -0.2) is 51.0 Å². The summed E-state index contributed by atoms with van der Waals surface area (Å²) < 4.78 is 0. The second kappa shape index (κ2) is 8.53. The van der Waals surface area contributed by atoms with Crippen LogP contribution in [0.15, 0.2) is 35.3 Å². The van der Waals surface area contributed by atoms with Gasteiger partial charge in [0.1, 0.15) is 0 Å². The van der Waals surface area contributed by atoms with E-state index in [0.29, 0.717) is 11.9 Å². The summed E-state index contributed by atoms with van der Waals surface area (Å²) in [5, 5.41) is 3.05. The number of unbranched alkanes of at least 4 members (excludes halogenated alkanes) is 1. The topological polar surface area (TPSA) is 116 Å². The molecule has 0 unspecified atom stereocenters. The van der Waals surface area contributed by atoms with Crippen LogP contribution in [0.4, 0.5) is 11.9 Å². The van der Waals surface area contributed by atoms with Gasteiger partial charge in [-0.1, -0.05) is 12.1 Å². The first-order chi connectivity index (χ1) is 13.7. The molecule has 148 valence electrons. The van der Waals surface area contributed by atoms with E-state index in [-0.39, 0.29) is 11.5 Å². The van der Waals surface area contributed by atoms with Crippen molar-refractivity contribution in [2.24, 2.45) is 5.73 Å². The fourth-order valence-electron chi connectivity index (χ4n) is 3.83. The molecule has 1 aliphatic rings. The van der Waals surface area contributed by atoms with Gasteiger partial charge < -0.3 is 15.6 Å². The Morgan fingerprint density at radius 1 is 1.14 bits per heavy atom. The lowest BCUT2D eigenvalue weighted by Crippen LogP contribution is -2.35. The third kappa shape index (κ3) is 4.23. The number of benzene rings is 1. The van der Waals surface area contributed by atoms with Crippen molar-refractivity contribution in [1.29, 1.82) is 0 Å². The zero-order valence-electron chi connectivity index (χ0n) is 15.9. The maximum atomic E-state index is 12.6. The van der Waals surface area contributed by atoms with E-state index in [0.717, 1.165) is 68.5 Å². The van der Waals surface area contributed by atoms with Crippen molar-refractivity contribution in [2.45, 2.75) is 31.6 Å². The fourth-order valence-corrected chi connectivity index (χ4v) is 3.83. The number of nitrogens with one attached hydrogen (secondary N) is 3. The van der Waals surface area contributed by atoms with Gasteiger partial charge in [-0.25, -0.2) is 9.97 Å². The average Bonchev–Trinajstić information content (AvgIpc) is 3.11. The second-order valence-corrected chi connectivity index (χ2v) is 7.36.